The molecule has 2 N–H and O–H groups in total. The topological polar surface area (TPSA) is 92.5 Å². The molecule has 1 fully saturated rings. The van der Waals surface area contributed by atoms with Crippen LogP contribution in [0.2, 0.25) is 0 Å². The molecule has 184 valence electrons. The Labute approximate surface area is 207 Å². The van der Waals surface area contributed by atoms with Crippen molar-refractivity contribution in [1.29, 1.82) is 0 Å². The number of halogens is 1. The Morgan fingerprint density at radius 1 is 1.17 bits per heavy atom. The van der Waals surface area contributed by atoms with E-state index in [-0.39, 0.29) is 29.5 Å². The molecule has 1 aliphatic rings. The van der Waals surface area contributed by atoms with E-state index < -0.39 is 0 Å². The van der Waals surface area contributed by atoms with Crippen LogP contribution in [-0.4, -0.2) is 40.9 Å². The number of hydrogen-bond acceptors (Lipinski definition) is 7. The number of hydrogen-bond donors (Lipinski definition) is 2. The lowest BCUT2D eigenvalue weighted by Gasteiger charge is -2.29. The molecule has 9 heteroatoms. The number of nitrogens with one attached hydrogen (secondary N) is 2. The number of amides is 1. The van der Waals surface area contributed by atoms with Gasteiger partial charge in [-0.2, -0.15) is 4.98 Å². The van der Waals surface area contributed by atoms with E-state index in [1.807, 2.05) is 12.1 Å². The minimum absolute atomic E-state index is 0.183. The first kappa shape index (κ1) is 23.5. The molecule has 0 bridgehead atoms. The average molecular weight is 488 g/mol. The molecule has 2 aromatic carbocycles. The summed E-state index contributed by atoms with van der Waals surface area (Å²) in [6, 6.07) is 13.7. The van der Waals surface area contributed by atoms with Crippen molar-refractivity contribution in [3.05, 3.63) is 78.8 Å². The monoisotopic (exact) mass is 487 g/mol. The number of benzene rings is 2. The summed E-state index contributed by atoms with van der Waals surface area (Å²) in [4.78, 5) is 22.8. The third-order valence-electron chi connectivity index (χ3n) is 6.19. The molecule has 0 spiro atoms. The van der Waals surface area contributed by atoms with Crippen molar-refractivity contribution < 1.29 is 18.3 Å². The maximum atomic E-state index is 15.0. The first-order valence-corrected chi connectivity index (χ1v) is 11.7. The highest BCUT2D eigenvalue weighted by atomic mass is 19.1. The number of furan rings is 1. The van der Waals surface area contributed by atoms with Crippen LogP contribution in [0.3, 0.4) is 0 Å². The molecule has 1 aliphatic heterocycles. The smallest absolute Gasteiger partial charge is 0.268 e. The fourth-order valence-corrected chi connectivity index (χ4v) is 4.29. The molecule has 8 nitrogen and oxygen atoms in total. The fraction of sp³-hybridized carbons (Fsp3) is 0.222. The van der Waals surface area contributed by atoms with Crippen molar-refractivity contribution in [1.82, 2.24) is 14.9 Å². The summed E-state index contributed by atoms with van der Waals surface area (Å²) in [5.41, 5.74) is 2.71. The number of carbonyl (C=O) groups excluding carboxylic acids is 1. The van der Waals surface area contributed by atoms with Crippen molar-refractivity contribution >= 4 is 34.3 Å². The first-order chi connectivity index (χ1) is 17.5. The summed E-state index contributed by atoms with van der Waals surface area (Å²) in [6.45, 7) is 5.39. The number of carbonyl (C=O) groups is 1. The largest absolute Gasteiger partial charge is 0.457 e. The first-order valence-electron chi connectivity index (χ1n) is 11.7. The van der Waals surface area contributed by atoms with Crippen molar-refractivity contribution in [3.8, 4) is 11.6 Å². The van der Waals surface area contributed by atoms with Gasteiger partial charge in [0.05, 0.1) is 6.26 Å². The molecule has 0 atom stereocenters. The van der Waals surface area contributed by atoms with Gasteiger partial charge in [-0.15, -0.1) is 0 Å². The molecule has 5 rings (SSSR count). The summed E-state index contributed by atoms with van der Waals surface area (Å²) >= 11 is 0. The Morgan fingerprint density at radius 3 is 2.78 bits per heavy atom. The Bertz CT molecular complexity index is 1410. The van der Waals surface area contributed by atoms with Crippen LogP contribution in [-0.2, 0) is 4.79 Å². The summed E-state index contributed by atoms with van der Waals surface area (Å²) in [5, 5.41) is 5.76. The van der Waals surface area contributed by atoms with Gasteiger partial charge in [-0.3, -0.25) is 4.79 Å². The highest BCUT2D eigenvalue weighted by Crippen LogP contribution is 2.33. The summed E-state index contributed by atoms with van der Waals surface area (Å²) in [6.07, 6.45) is 4.57. The van der Waals surface area contributed by atoms with Crippen molar-refractivity contribution in [2.75, 3.05) is 30.8 Å². The van der Waals surface area contributed by atoms with E-state index in [0.29, 0.717) is 28.2 Å². The predicted molar refractivity (Wildman–Crippen MR) is 136 cm³/mol. The second-order valence-electron chi connectivity index (χ2n) is 8.75. The van der Waals surface area contributed by atoms with Crippen LogP contribution in [0.25, 0.3) is 11.1 Å². The molecule has 36 heavy (non-hydrogen) atoms. The maximum absolute atomic E-state index is 15.0. The van der Waals surface area contributed by atoms with Crippen LogP contribution >= 0.6 is 0 Å². The minimum atomic E-state index is -0.330. The lowest BCUT2D eigenvalue weighted by molar-refractivity contribution is -0.111. The number of nitrogens with zero attached hydrogens (tertiary/aromatic N) is 3. The van der Waals surface area contributed by atoms with Crippen LogP contribution in [0.4, 0.5) is 21.7 Å². The van der Waals surface area contributed by atoms with Gasteiger partial charge < -0.3 is 24.7 Å². The van der Waals surface area contributed by atoms with Crippen molar-refractivity contribution in [2.24, 2.45) is 0 Å². The SMILES string of the molecule is C=CC(=O)Nc1cccc(Oc2nc(Nc3ccc(C4CCN(C)CC4)c(F)c3)nc3ccoc23)c1. The predicted octanol–water partition coefficient (Wildman–Crippen LogP) is 5.83. The molecule has 3 heterocycles. The van der Waals surface area contributed by atoms with E-state index in [9.17, 15) is 9.18 Å². The van der Waals surface area contributed by atoms with Gasteiger partial charge in [0.15, 0.2) is 0 Å². The second-order valence-corrected chi connectivity index (χ2v) is 8.75. The van der Waals surface area contributed by atoms with Crippen molar-refractivity contribution in [3.63, 3.8) is 0 Å². The summed E-state index contributed by atoms with van der Waals surface area (Å²) in [5.74, 6) is 0.509. The number of fused-ring (bicyclic) bond motifs is 1. The van der Waals surface area contributed by atoms with E-state index in [0.717, 1.165) is 31.5 Å². The number of likely N-dealkylation sites (tertiary alicyclic amines) is 1. The molecule has 1 saturated heterocycles. The molecule has 0 unspecified atom stereocenters. The van der Waals surface area contributed by atoms with Gasteiger partial charge in [0.25, 0.3) is 5.88 Å². The quantitative estimate of drug-likeness (QED) is 0.317. The second kappa shape index (κ2) is 10.2. The zero-order chi connectivity index (χ0) is 25.1. The van der Waals surface area contributed by atoms with Gasteiger partial charge in [0.1, 0.15) is 17.1 Å². The number of rotatable bonds is 7. The number of aromatic nitrogens is 2. The lowest BCUT2D eigenvalue weighted by atomic mass is 9.89. The van der Waals surface area contributed by atoms with Gasteiger partial charge in [-0.05, 0) is 74.8 Å². The van der Waals surface area contributed by atoms with Gasteiger partial charge in [-0.25, -0.2) is 9.37 Å². The highest BCUT2D eigenvalue weighted by Gasteiger charge is 2.21. The third kappa shape index (κ3) is 5.21. The normalized spacial score (nSPS) is 14.5. The fourth-order valence-electron chi connectivity index (χ4n) is 4.29. The van der Waals surface area contributed by atoms with Crippen LogP contribution in [0, 0.1) is 5.82 Å². The van der Waals surface area contributed by atoms with Crippen LogP contribution in [0.5, 0.6) is 11.6 Å². The van der Waals surface area contributed by atoms with E-state index in [4.69, 9.17) is 9.15 Å². The van der Waals surface area contributed by atoms with Crippen LogP contribution < -0.4 is 15.4 Å². The standard InChI is InChI=1S/C27H26FN5O3/c1-3-24(34)29-18-5-4-6-20(15-18)36-26-25-23(11-14-35-25)31-27(32-26)30-19-7-8-21(22(28)16-19)17-9-12-33(2)13-10-17/h3-8,11,14-17H,1,9-10,12-13H2,2H3,(H,29,34)(H,30,31,32). The van der Waals surface area contributed by atoms with Crippen LogP contribution in [0.15, 0.2) is 71.9 Å². The van der Waals surface area contributed by atoms with Gasteiger partial charge in [0, 0.05) is 23.5 Å². The Hall–Kier alpha value is -4.24. The number of piperidine rings is 1. The Kier molecular flexibility index (Phi) is 6.64. The number of ether oxygens (including phenoxy) is 1. The molecular weight excluding hydrogens is 461 g/mol. The minimum Gasteiger partial charge on any atom is -0.457 e. The molecule has 2 aromatic heterocycles. The van der Waals surface area contributed by atoms with E-state index in [1.54, 1.807) is 30.3 Å². The van der Waals surface area contributed by atoms with E-state index in [2.05, 4.69) is 39.1 Å². The van der Waals surface area contributed by atoms with Crippen LogP contribution in [0.1, 0.15) is 24.3 Å². The van der Waals surface area contributed by atoms with Gasteiger partial charge in [0.2, 0.25) is 17.4 Å². The van der Waals surface area contributed by atoms with Crippen molar-refractivity contribution in [2.45, 2.75) is 18.8 Å². The van der Waals surface area contributed by atoms with Gasteiger partial charge >= 0.3 is 0 Å². The average Bonchev–Trinajstić information content (AvgIpc) is 3.34. The third-order valence-corrected chi connectivity index (χ3v) is 6.19. The summed E-state index contributed by atoms with van der Waals surface area (Å²) < 4.78 is 26.5. The molecule has 0 aliphatic carbocycles. The summed E-state index contributed by atoms with van der Waals surface area (Å²) in [7, 11) is 2.09. The van der Waals surface area contributed by atoms with Gasteiger partial charge in [-0.1, -0.05) is 18.7 Å². The lowest BCUT2D eigenvalue weighted by Crippen LogP contribution is -2.29. The maximum Gasteiger partial charge on any atom is 0.268 e. The Balaban J connectivity index is 1.37. The molecule has 4 aromatic rings. The molecule has 0 saturated carbocycles. The zero-order valence-corrected chi connectivity index (χ0v) is 19.8. The van der Waals surface area contributed by atoms with E-state index >= 15 is 0 Å². The molecule has 0 radical (unpaired) electrons. The highest BCUT2D eigenvalue weighted by molar-refractivity contribution is 5.99. The molecule has 1 amide bonds. The van der Waals surface area contributed by atoms with E-state index in [1.165, 1.54) is 18.4 Å². The number of anilines is 3. The molecular formula is C27H26FN5O3. The zero-order valence-electron chi connectivity index (χ0n) is 19.8. The Morgan fingerprint density at radius 2 is 2.00 bits per heavy atom.